The van der Waals surface area contributed by atoms with Gasteiger partial charge in [-0.15, -0.1) is 0 Å². The van der Waals surface area contributed by atoms with Gasteiger partial charge >= 0.3 is 0 Å². The largest absolute Gasteiger partial charge is 0.394 e. The van der Waals surface area contributed by atoms with E-state index in [0.29, 0.717) is 19.3 Å². The minimum absolute atomic E-state index is 0.239. The second-order valence-electron chi connectivity index (χ2n) is 21.7. The van der Waals surface area contributed by atoms with Crippen LogP contribution in [0.4, 0.5) is 0 Å². The first-order chi connectivity index (χ1) is 36.2. The predicted molar refractivity (Wildman–Crippen MR) is 307 cm³/mol. The second-order valence-corrected chi connectivity index (χ2v) is 21.7. The number of carbonyl (C=O) groups is 1. The standard InChI is InChI=1S/C63H117NO10/c1-3-5-7-9-11-13-15-17-19-21-23-25-26-27-28-29-30-31-33-34-36-38-40-42-44-46-48-50-55(66)58(68)54(53-73-63-61(71)60(70)59(69)57(52-65)74-63)64-62(72)56(67)51-49-47-45-43-41-39-37-35-32-24-22-20-18-16-14-12-10-8-6-4-2/h29-30,32,34-36,42,44,54-61,63,65-71H,3-28,31,33,37-41,43,45-53H2,1-2H3,(H,64,72)/b30-29+,35-32-,36-34+,44-42+. The number of amides is 1. The number of aliphatic hydroxyl groups is 7. The number of allylic oxidation sites excluding steroid dienone is 8. The van der Waals surface area contributed by atoms with Crippen molar-refractivity contribution >= 4 is 5.91 Å². The Kier molecular flexibility index (Phi) is 49.1. The van der Waals surface area contributed by atoms with Crippen LogP contribution in [-0.2, 0) is 14.3 Å². The fraction of sp³-hybridized carbons (Fsp3) is 0.857. The van der Waals surface area contributed by atoms with Crippen LogP contribution in [0.5, 0.6) is 0 Å². The van der Waals surface area contributed by atoms with Gasteiger partial charge in [0, 0.05) is 0 Å². The molecular weight excluding hydrogens is 931 g/mol. The lowest BCUT2D eigenvalue weighted by molar-refractivity contribution is -0.303. The van der Waals surface area contributed by atoms with Gasteiger partial charge in [0.2, 0.25) is 5.91 Å². The van der Waals surface area contributed by atoms with Gasteiger partial charge < -0.3 is 50.5 Å². The number of nitrogens with one attached hydrogen (secondary N) is 1. The van der Waals surface area contributed by atoms with Crippen molar-refractivity contribution in [2.45, 2.75) is 332 Å². The number of hydrogen-bond donors (Lipinski definition) is 8. The summed E-state index contributed by atoms with van der Waals surface area (Å²) in [5.41, 5.74) is 0. The monoisotopic (exact) mass is 1050 g/mol. The van der Waals surface area contributed by atoms with E-state index < -0.39 is 74.2 Å². The molecule has 1 saturated heterocycles. The summed E-state index contributed by atoms with van der Waals surface area (Å²) in [6, 6.07) is -1.20. The van der Waals surface area contributed by atoms with Crippen LogP contribution in [0.25, 0.3) is 0 Å². The van der Waals surface area contributed by atoms with Crippen LogP contribution in [0.1, 0.15) is 277 Å². The Balaban J connectivity index is 2.32. The number of carbonyl (C=O) groups excluding carboxylic acids is 1. The van der Waals surface area contributed by atoms with Crippen LogP contribution >= 0.6 is 0 Å². The fourth-order valence-electron chi connectivity index (χ4n) is 9.76. The van der Waals surface area contributed by atoms with Crippen molar-refractivity contribution in [1.29, 1.82) is 0 Å². The molecule has 1 aliphatic rings. The Morgan fingerprint density at radius 2 is 0.811 bits per heavy atom. The molecule has 0 saturated carbocycles. The molecule has 11 nitrogen and oxygen atoms in total. The highest BCUT2D eigenvalue weighted by molar-refractivity contribution is 5.80. The van der Waals surface area contributed by atoms with E-state index in [2.05, 4.69) is 67.8 Å². The quantitative estimate of drug-likeness (QED) is 0.0215. The molecule has 9 unspecified atom stereocenters. The SMILES string of the molecule is CCCCCCCCCCCC/C=C\CCCCCCCCC(O)C(=O)NC(COC1OC(CO)C(O)C(O)C1O)C(O)C(O)CCC/C=C/CC/C=C/CC/C=C/CCCCCCCCCCCCCCCC. The van der Waals surface area contributed by atoms with Crippen LogP contribution in [0, 0.1) is 0 Å². The zero-order chi connectivity index (χ0) is 54.0. The topological polar surface area (TPSA) is 189 Å². The summed E-state index contributed by atoms with van der Waals surface area (Å²) < 4.78 is 11.1. The molecule has 8 N–H and O–H groups in total. The van der Waals surface area contributed by atoms with Crippen molar-refractivity contribution in [3.63, 3.8) is 0 Å². The first kappa shape index (κ1) is 70.1. The first-order valence-corrected chi connectivity index (χ1v) is 31.0. The minimum atomic E-state index is -1.68. The highest BCUT2D eigenvalue weighted by Crippen LogP contribution is 2.23. The van der Waals surface area contributed by atoms with Crippen LogP contribution < -0.4 is 5.32 Å². The molecule has 9 atom stereocenters. The number of unbranched alkanes of at least 4 members (excludes halogenated alkanes) is 33. The molecule has 0 aromatic heterocycles. The molecule has 1 aliphatic heterocycles. The maximum absolute atomic E-state index is 13.2. The van der Waals surface area contributed by atoms with E-state index in [1.807, 2.05) is 0 Å². The van der Waals surface area contributed by atoms with Gasteiger partial charge in [0.15, 0.2) is 6.29 Å². The van der Waals surface area contributed by atoms with Gasteiger partial charge in [-0.2, -0.15) is 0 Å². The van der Waals surface area contributed by atoms with Crippen molar-refractivity contribution in [2.75, 3.05) is 13.2 Å². The maximum Gasteiger partial charge on any atom is 0.249 e. The molecule has 0 aliphatic carbocycles. The van der Waals surface area contributed by atoms with E-state index in [4.69, 9.17) is 9.47 Å². The third-order valence-electron chi connectivity index (χ3n) is 14.8. The summed E-state index contributed by atoms with van der Waals surface area (Å²) >= 11 is 0. The average molecular weight is 1050 g/mol. The summed E-state index contributed by atoms with van der Waals surface area (Å²) in [5.74, 6) is -0.716. The summed E-state index contributed by atoms with van der Waals surface area (Å²) in [4.78, 5) is 13.2. The Morgan fingerprint density at radius 1 is 0.459 bits per heavy atom. The average Bonchev–Trinajstić information content (AvgIpc) is 3.40. The third kappa shape index (κ3) is 39.4. The van der Waals surface area contributed by atoms with Crippen molar-refractivity contribution in [3.8, 4) is 0 Å². The molecule has 74 heavy (non-hydrogen) atoms. The van der Waals surface area contributed by atoms with Gasteiger partial charge in [-0.05, 0) is 89.9 Å². The molecule has 11 heteroatoms. The Morgan fingerprint density at radius 3 is 1.20 bits per heavy atom. The van der Waals surface area contributed by atoms with E-state index >= 15 is 0 Å². The van der Waals surface area contributed by atoms with Crippen LogP contribution in [0.2, 0.25) is 0 Å². The van der Waals surface area contributed by atoms with E-state index in [1.165, 1.54) is 167 Å². The van der Waals surface area contributed by atoms with Crippen LogP contribution in [0.3, 0.4) is 0 Å². The van der Waals surface area contributed by atoms with Gasteiger partial charge in [0.05, 0.1) is 25.4 Å². The number of rotatable bonds is 53. The summed E-state index contributed by atoms with van der Waals surface area (Å²) in [6.45, 7) is 3.46. The Bertz CT molecular complexity index is 1340. The lowest BCUT2D eigenvalue weighted by Crippen LogP contribution is -2.60. The van der Waals surface area contributed by atoms with Crippen molar-refractivity contribution in [1.82, 2.24) is 5.32 Å². The molecule has 1 rings (SSSR count). The third-order valence-corrected chi connectivity index (χ3v) is 14.8. The van der Waals surface area contributed by atoms with E-state index in [1.54, 1.807) is 0 Å². The fourth-order valence-corrected chi connectivity index (χ4v) is 9.76. The molecule has 0 aromatic rings. The zero-order valence-corrected chi connectivity index (χ0v) is 47.6. The highest BCUT2D eigenvalue weighted by Gasteiger charge is 2.44. The molecule has 0 radical (unpaired) electrons. The second kappa shape index (κ2) is 51.8. The number of ether oxygens (including phenoxy) is 2. The first-order valence-electron chi connectivity index (χ1n) is 31.0. The van der Waals surface area contributed by atoms with E-state index in [-0.39, 0.29) is 12.8 Å². The van der Waals surface area contributed by atoms with Crippen molar-refractivity contribution in [3.05, 3.63) is 48.6 Å². The minimum Gasteiger partial charge on any atom is -0.394 e. The van der Waals surface area contributed by atoms with Gasteiger partial charge in [-0.3, -0.25) is 4.79 Å². The number of hydrogen-bond acceptors (Lipinski definition) is 10. The van der Waals surface area contributed by atoms with Crippen LogP contribution in [-0.4, -0.2) is 110 Å². The van der Waals surface area contributed by atoms with Gasteiger partial charge in [0.25, 0.3) is 0 Å². The van der Waals surface area contributed by atoms with Crippen molar-refractivity contribution < 1.29 is 50.0 Å². The van der Waals surface area contributed by atoms with Crippen molar-refractivity contribution in [2.24, 2.45) is 0 Å². The molecule has 1 heterocycles. The predicted octanol–water partition coefficient (Wildman–Crippen LogP) is 13.6. The molecule has 0 bridgehead atoms. The molecule has 1 fully saturated rings. The Labute approximate surface area is 453 Å². The lowest BCUT2D eigenvalue weighted by atomic mass is 9.98. The molecular formula is C63H117NO10. The Hall–Kier alpha value is -1.93. The summed E-state index contributed by atoms with van der Waals surface area (Å²) in [5, 5.41) is 76.2. The number of aliphatic hydroxyl groups excluding tert-OH is 7. The lowest BCUT2D eigenvalue weighted by Gasteiger charge is -2.40. The molecule has 1 amide bonds. The van der Waals surface area contributed by atoms with Gasteiger partial charge in [-0.1, -0.05) is 236 Å². The summed E-state index contributed by atoms with van der Waals surface area (Å²) in [7, 11) is 0. The molecule has 0 aromatic carbocycles. The maximum atomic E-state index is 13.2. The van der Waals surface area contributed by atoms with E-state index in [9.17, 15) is 40.5 Å². The van der Waals surface area contributed by atoms with Crippen LogP contribution in [0.15, 0.2) is 48.6 Å². The summed E-state index contributed by atoms with van der Waals surface area (Å²) in [6.07, 6.45) is 54.6. The molecule has 0 spiro atoms. The van der Waals surface area contributed by atoms with Gasteiger partial charge in [-0.25, -0.2) is 0 Å². The molecule has 434 valence electrons. The van der Waals surface area contributed by atoms with E-state index in [0.717, 1.165) is 64.2 Å². The zero-order valence-electron chi connectivity index (χ0n) is 47.6. The smallest absolute Gasteiger partial charge is 0.249 e. The van der Waals surface area contributed by atoms with Gasteiger partial charge in [0.1, 0.15) is 36.6 Å². The highest BCUT2D eigenvalue weighted by atomic mass is 16.7. The normalized spacial score (nSPS) is 20.1.